The lowest BCUT2D eigenvalue weighted by molar-refractivity contribution is -0.0486. The number of aromatic nitrogens is 2. The highest BCUT2D eigenvalue weighted by Gasteiger charge is 2.29. The minimum atomic E-state index is -0.217. The molecule has 32 heavy (non-hydrogen) atoms. The van der Waals surface area contributed by atoms with E-state index in [1.54, 1.807) is 35.0 Å². The van der Waals surface area contributed by atoms with E-state index in [0.717, 1.165) is 42.8 Å². The number of hydrazine groups is 2. The number of piperidine rings is 1. The summed E-state index contributed by atoms with van der Waals surface area (Å²) in [6.45, 7) is 3.54. The summed E-state index contributed by atoms with van der Waals surface area (Å²) >= 11 is 18.7. The summed E-state index contributed by atoms with van der Waals surface area (Å²) in [6.07, 6.45) is 3.27. The normalized spacial score (nSPS) is 14.5. The Balaban J connectivity index is 1.85. The average molecular weight is 493 g/mol. The van der Waals surface area contributed by atoms with Crippen molar-refractivity contribution in [2.75, 3.05) is 20.1 Å². The lowest BCUT2D eigenvalue weighted by Crippen LogP contribution is -2.54. The molecule has 1 aliphatic rings. The highest BCUT2D eigenvalue weighted by Crippen LogP contribution is 2.33. The molecule has 0 aliphatic carbocycles. The van der Waals surface area contributed by atoms with Crippen LogP contribution in [0.15, 0.2) is 42.5 Å². The van der Waals surface area contributed by atoms with Crippen molar-refractivity contribution in [3.05, 3.63) is 68.8 Å². The minimum absolute atomic E-state index is 0.217. The molecule has 1 N–H and O–H groups in total. The van der Waals surface area contributed by atoms with Gasteiger partial charge < -0.3 is 0 Å². The largest absolute Gasteiger partial charge is 0.303 e. The number of nitrogens with zero attached hydrogens (tertiary/aromatic N) is 4. The van der Waals surface area contributed by atoms with Gasteiger partial charge in [0, 0.05) is 41.3 Å². The van der Waals surface area contributed by atoms with Crippen molar-refractivity contribution in [1.29, 1.82) is 0 Å². The Morgan fingerprint density at radius 2 is 1.66 bits per heavy atom. The lowest BCUT2D eigenvalue weighted by atomic mass is 10.1. The van der Waals surface area contributed by atoms with Gasteiger partial charge in [0.05, 0.1) is 16.4 Å². The molecular formula is C23H24Cl3N5O. The summed E-state index contributed by atoms with van der Waals surface area (Å²) < 4.78 is 1.70. The highest BCUT2D eigenvalue weighted by molar-refractivity contribution is 6.35. The van der Waals surface area contributed by atoms with Gasteiger partial charge in [-0.3, -0.25) is 4.79 Å². The van der Waals surface area contributed by atoms with Crippen molar-refractivity contribution in [2.45, 2.75) is 26.2 Å². The van der Waals surface area contributed by atoms with E-state index < -0.39 is 0 Å². The molecule has 1 aliphatic heterocycles. The van der Waals surface area contributed by atoms with Gasteiger partial charge >= 0.3 is 5.91 Å². The summed E-state index contributed by atoms with van der Waals surface area (Å²) in [6, 6.07) is 12.6. The van der Waals surface area contributed by atoms with Crippen LogP contribution in [0.3, 0.4) is 0 Å². The van der Waals surface area contributed by atoms with Crippen LogP contribution in [0.2, 0.25) is 15.1 Å². The van der Waals surface area contributed by atoms with Crippen molar-refractivity contribution >= 4 is 40.7 Å². The van der Waals surface area contributed by atoms with E-state index >= 15 is 0 Å². The van der Waals surface area contributed by atoms with Gasteiger partial charge in [0.2, 0.25) is 0 Å². The van der Waals surface area contributed by atoms with Gasteiger partial charge in [-0.2, -0.15) is 10.2 Å². The molecule has 2 heterocycles. The number of nitrogens with one attached hydrogen (secondary N) is 1. The van der Waals surface area contributed by atoms with Crippen LogP contribution in [0.1, 0.15) is 35.3 Å². The molecule has 1 amide bonds. The predicted molar refractivity (Wildman–Crippen MR) is 129 cm³/mol. The monoisotopic (exact) mass is 491 g/mol. The van der Waals surface area contributed by atoms with Gasteiger partial charge in [-0.25, -0.2) is 15.1 Å². The minimum Gasteiger partial charge on any atom is -0.264 e. The molecule has 0 atom stereocenters. The van der Waals surface area contributed by atoms with Gasteiger partial charge in [-0.15, -0.1) is 0 Å². The molecule has 1 saturated heterocycles. The van der Waals surface area contributed by atoms with Crippen LogP contribution in [0.4, 0.5) is 0 Å². The number of benzene rings is 2. The second-order valence-electron chi connectivity index (χ2n) is 7.69. The maximum absolute atomic E-state index is 13.6. The molecule has 1 aromatic heterocycles. The maximum atomic E-state index is 13.6. The molecule has 0 unspecified atom stereocenters. The van der Waals surface area contributed by atoms with Crippen molar-refractivity contribution < 1.29 is 4.79 Å². The number of amides is 1. The van der Waals surface area contributed by atoms with Crippen molar-refractivity contribution in [3.63, 3.8) is 0 Å². The smallest absolute Gasteiger partial charge is 0.264 e. The summed E-state index contributed by atoms with van der Waals surface area (Å²) in [4.78, 5) is 13.6. The lowest BCUT2D eigenvalue weighted by Gasteiger charge is -2.35. The van der Waals surface area contributed by atoms with Crippen LogP contribution >= 0.6 is 34.8 Å². The third-order valence-corrected chi connectivity index (χ3v) is 6.39. The van der Waals surface area contributed by atoms with Crippen LogP contribution < -0.4 is 5.43 Å². The van der Waals surface area contributed by atoms with E-state index in [2.05, 4.69) is 5.43 Å². The molecule has 2 aromatic carbocycles. The van der Waals surface area contributed by atoms with Gasteiger partial charge in [0.1, 0.15) is 0 Å². The first-order valence-electron chi connectivity index (χ1n) is 10.5. The Kier molecular flexibility index (Phi) is 7.08. The number of rotatable bonds is 5. The third-order valence-electron chi connectivity index (χ3n) is 5.60. The number of halogens is 3. The molecule has 1 fully saturated rings. The van der Waals surface area contributed by atoms with E-state index in [-0.39, 0.29) is 5.91 Å². The van der Waals surface area contributed by atoms with Gasteiger partial charge in [-0.05, 0) is 50.1 Å². The molecule has 0 radical (unpaired) electrons. The van der Waals surface area contributed by atoms with E-state index in [0.29, 0.717) is 26.4 Å². The highest BCUT2D eigenvalue weighted by atomic mass is 35.5. The van der Waals surface area contributed by atoms with Gasteiger partial charge in [0.15, 0.2) is 5.69 Å². The zero-order valence-corrected chi connectivity index (χ0v) is 20.2. The number of carbonyl (C=O) groups is 1. The first kappa shape index (κ1) is 23.1. The molecule has 0 bridgehead atoms. The first-order valence-corrected chi connectivity index (χ1v) is 11.6. The molecule has 6 nitrogen and oxygen atoms in total. The van der Waals surface area contributed by atoms with Crippen LogP contribution in [-0.4, -0.2) is 46.0 Å². The van der Waals surface area contributed by atoms with Crippen LogP contribution in [0.5, 0.6) is 0 Å². The Labute approximate surface area is 202 Å². The van der Waals surface area contributed by atoms with Crippen molar-refractivity contribution in [1.82, 2.24) is 25.3 Å². The van der Waals surface area contributed by atoms with Crippen molar-refractivity contribution in [2.24, 2.45) is 0 Å². The second kappa shape index (κ2) is 9.81. The third kappa shape index (κ3) is 4.51. The zero-order chi connectivity index (χ0) is 22.8. The van der Waals surface area contributed by atoms with E-state index in [9.17, 15) is 4.79 Å². The van der Waals surface area contributed by atoms with Gasteiger partial charge in [-0.1, -0.05) is 53.4 Å². The Morgan fingerprint density at radius 3 is 2.28 bits per heavy atom. The number of hydrogen-bond acceptors (Lipinski definition) is 4. The summed E-state index contributed by atoms with van der Waals surface area (Å²) in [5.41, 5.74) is 6.41. The molecule has 3 aromatic rings. The summed E-state index contributed by atoms with van der Waals surface area (Å²) in [7, 11) is 1.75. The van der Waals surface area contributed by atoms with Crippen LogP contribution in [0.25, 0.3) is 16.9 Å². The Morgan fingerprint density at radius 1 is 1.00 bits per heavy atom. The first-order chi connectivity index (χ1) is 15.4. The quantitative estimate of drug-likeness (QED) is 0.458. The zero-order valence-electron chi connectivity index (χ0n) is 17.9. The topological polar surface area (TPSA) is 53.4 Å². The fourth-order valence-corrected chi connectivity index (χ4v) is 4.64. The average Bonchev–Trinajstić information content (AvgIpc) is 3.12. The Bertz CT molecular complexity index is 1120. The molecular weight excluding hydrogens is 469 g/mol. The molecule has 168 valence electrons. The fraction of sp³-hybridized carbons (Fsp3) is 0.304. The maximum Gasteiger partial charge on any atom is 0.303 e. The van der Waals surface area contributed by atoms with E-state index in [1.807, 2.05) is 36.2 Å². The molecule has 0 saturated carbocycles. The van der Waals surface area contributed by atoms with Crippen molar-refractivity contribution in [3.8, 4) is 16.9 Å². The molecule has 9 heteroatoms. The summed E-state index contributed by atoms with van der Waals surface area (Å²) in [5.74, 6) is -0.217. The fourth-order valence-electron chi connectivity index (χ4n) is 4.02. The summed E-state index contributed by atoms with van der Waals surface area (Å²) in [5, 5.41) is 9.92. The molecule has 4 rings (SSSR count). The Hall–Kier alpha value is -2.09. The SMILES string of the molecule is CNN(C(=O)c1nn(-c2ccc(Cl)cc2Cl)c(-c2ccc(Cl)cc2)c1C)N1CCCCC1. The standard InChI is InChI=1S/C23H24Cl3N5O/c1-15-21(23(32)31(27-2)29-12-4-3-5-13-29)28-30(20-11-10-18(25)14-19(20)26)22(15)16-6-8-17(24)9-7-16/h6-11,14,27H,3-5,12-13H2,1-2H3. The van der Waals surface area contributed by atoms with Crippen LogP contribution in [-0.2, 0) is 0 Å². The number of hydrogen-bond donors (Lipinski definition) is 1. The second-order valence-corrected chi connectivity index (χ2v) is 8.97. The van der Waals surface area contributed by atoms with E-state index in [1.165, 1.54) is 6.42 Å². The van der Waals surface area contributed by atoms with Gasteiger partial charge in [0.25, 0.3) is 0 Å². The predicted octanol–water partition coefficient (Wildman–Crippen LogP) is 5.79. The molecule has 0 spiro atoms. The number of carbonyl (C=O) groups excluding carboxylic acids is 1. The van der Waals surface area contributed by atoms with Crippen LogP contribution in [0, 0.1) is 6.92 Å². The van der Waals surface area contributed by atoms with E-state index in [4.69, 9.17) is 39.9 Å².